The van der Waals surface area contributed by atoms with Gasteiger partial charge in [-0.15, -0.1) is 0 Å². The summed E-state index contributed by atoms with van der Waals surface area (Å²) in [4.78, 5) is 22.9. The number of carbonyl (C=O) groups excluding carboxylic acids is 2. The van der Waals surface area contributed by atoms with Crippen molar-refractivity contribution in [2.24, 2.45) is 11.7 Å². The zero-order valence-corrected chi connectivity index (χ0v) is 10.2. The minimum absolute atomic E-state index is 0.0399. The number of benzene rings is 1. The number of rotatable bonds is 4. The summed E-state index contributed by atoms with van der Waals surface area (Å²) < 4.78 is 13.2. The third-order valence-electron chi connectivity index (χ3n) is 2.52. The highest BCUT2D eigenvalue weighted by atomic mass is 19.1. The van der Waals surface area contributed by atoms with Gasteiger partial charge in [0.1, 0.15) is 11.9 Å². The van der Waals surface area contributed by atoms with Crippen molar-refractivity contribution < 1.29 is 14.0 Å². The quantitative estimate of drug-likeness (QED) is 0.687. The van der Waals surface area contributed by atoms with Gasteiger partial charge in [-0.25, -0.2) is 4.39 Å². The lowest BCUT2D eigenvalue weighted by Gasteiger charge is -2.18. The molecule has 0 saturated heterocycles. The van der Waals surface area contributed by atoms with Gasteiger partial charge in [0.2, 0.25) is 5.91 Å². The second-order valence-electron chi connectivity index (χ2n) is 4.33. The minimum Gasteiger partial charge on any atom is -0.396 e. The number of anilines is 1. The Kier molecular flexibility index (Phi) is 4.25. The lowest BCUT2D eigenvalue weighted by Crippen LogP contribution is -2.47. The molecule has 0 spiro atoms. The Morgan fingerprint density at radius 2 is 1.94 bits per heavy atom. The average molecular weight is 253 g/mol. The first-order valence-electron chi connectivity index (χ1n) is 5.48. The number of carbonyl (C=O) groups is 2. The summed E-state index contributed by atoms with van der Waals surface area (Å²) >= 11 is 0. The third kappa shape index (κ3) is 3.19. The van der Waals surface area contributed by atoms with Gasteiger partial charge in [-0.1, -0.05) is 13.8 Å². The Morgan fingerprint density at radius 3 is 2.39 bits per heavy atom. The van der Waals surface area contributed by atoms with E-state index in [-0.39, 0.29) is 17.2 Å². The van der Waals surface area contributed by atoms with Crippen LogP contribution in [0.15, 0.2) is 18.2 Å². The molecule has 0 aliphatic rings. The van der Waals surface area contributed by atoms with Gasteiger partial charge in [-0.3, -0.25) is 9.59 Å². The predicted molar refractivity (Wildman–Crippen MR) is 66.1 cm³/mol. The molecular formula is C12H16FN3O2. The standard InChI is InChI=1S/C12H16FN3O2/c1-6(2)10(11(15)17)16-12(18)7-3-4-9(14)8(13)5-7/h3-6,10H,14H2,1-2H3,(H2,15,17)(H,16,18). The van der Waals surface area contributed by atoms with Gasteiger partial charge in [0, 0.05) is 5.56 Å². The molecule has 1 rings (SSSR count). The van der Waals surface area contributed by atoms with Crippen molar-refractivity contribution >= 4 is 17.5 Å². The zero-order valence-electron chi connectivity index (χ0n) is 10.2. The molecule has 6 heteroatoms. The molecule has 0 aliphatic carbocycles. The molecule has 5 N–H and O–H groups in total. The van der Waals surface area contributed by atoms with Crippen LogP contribution in [0.3, 0.4) is 0 Å². The minimum atomic E-state index is -0.793. The van der Waals surface area contributed by atoms with Gasteiger partial charge in [-0.05, 0) is 24.1 Å². The summed E-state index contributed by atoms with van der Waals surface area (Å²) in [5.41, 5.74) is 10.5. The van der Waals surface area contributed by atoms with E-state index in [1.165, 1.54) is 12.1 Å². The fourth-order valence-corrected chi connectivity index (χ4v) is 1.46. The van der Waals surface area contributed by atoms with Crippen LogP contribution in [0.5, 0.6) is 0 Å². The summed E-state index contributed by atoms with van der Waals surface area (Å²) in [6, 6.07) is 2.90. The number of halogens is 1. The van der Waals surface area contributed by atoms with E-state index in [0.717, 1.165) is 6.07 Å². The van der Waals surface area contributed by atoms with Crippen LogP contribution in [0, 0.1) is 11.7 Å². The zero-order chi connectivity index (χ0) is 13.9. The molecule has 0 aromatic heterocycles. The summed E-state index contributed by atoms with van der Waals surface area (Å²) in [7, 11) is 0. The van der Waals surface area contributed by atoms with E-state index in [4.69, 9.17) is 11.5 Å². The lowest BCUT2D eigenvalue weighted by atomic mass is 10.0. The largest absolute Gasteiger partial charge is 0.396 e. The molecule has 1 unspecified atom stereocenters. The van der Waals surface area contributed by atoms with E-state index in [1.807, 2.05) is 0 Å². The molecule has 0 fully saturated rings. The van der Waals surface area contributed by atoms with Crippen LogP contribution in [-0.4, -0.2) is 17.9 Å². The highest BCUT2D eigenvalue weighted by Crippen LogP contribution is 2.12. The Morgan fingerprint density at radius 1 is 1.33 bits per heavy atom. The fraction of sp³-hybridized carbons (Fsp3) is 0.333. The first kappa shape index (κ1) is 14.0. The molecule has 0 aliphatic heterocycles. The van der Waals surface area contributed by atoms with Crippen LogP contribution < -0.4 is 16.8 Å². The van der Waals surface area contributed by atoms with E-state index in [0.29, 0.717) is 0 Å². The maximum atomic E-state index is 13.2. The van der Waals surface area contributed by atoms with Crippen molar-refractivity contribution in [2.75, 3.05) is 5.73 Å². The maximum Gasteiger partial charge on any atom is 0.252 e. The Hall–Kier alpha value is -2.11. The summed E-state index contributed by atoms with van der Waals surface area (Å²) in [5.74, 6) is -2.02. The molecule has 18 heavy (non-hydrogen) atoms. The Bertz CT molecular complexity index is 474. The number of hydrogen-bond acceptors (Lipinski definition) is 3. The molecule has 2 amide bonds. The first-order chi connectivity index (χ1) is 8.32. The van der Waals surface area contributed by atoms with Crippen molar-refractivity contribution in [3.63, 3.8) is 0 Å². The van der Waals surface area contributed by atoms with E-state index in [1.54, 1.807) is 13.8 Å². The number of nitrogens with two attached hydrogens (primary N) is 2. The summed E-state index contributed by atoms with van der Waals surface area (Å²) in [5, 5.41) is 2.46. The third-order valence-corrected chi connectivity index (χ3v) is 2.52. The fourth-order valence-electron chi connectivity index (χ4n) is 1.46. The number of nitrogens with one attached hydrogen (secondary N) is 1. The van der Waals surface area contributed by atoms with Gasteiger partial charge in [0.25, 0.3) is 5.91 Å². The van der Waals surface area contributed by atoms with E-state index in [9.17, 15) is 14.0 Å². The normalized spacial score (nSPS) is 12.2. The molecule has 0 radical (unpaired) electrons. The number of primary amides is 1. The van der Waals surface area contributed by atoms with Crippen LogP contribution in [0.2, 0.25) is 0 Å². The SMILES string of the molecule is CC(C)C(NC(=O)c1ccc(N)c(F)c1)C(N)=O. The average Bonchev–Trinajstić information content (AvgIpc) is 2.28. The molecule has 5 nitrogen and oxygen atoms in total. The number of amides is 2. The van der Waals surface area contributed by atoms with E-state index < -0.39 is 23.7 Å². The molecule has 0 bridgehead atoms. The smallest absolute Gasteiger partial charge is 0.252 e. The molecule has 98 valence electrons. The second-order valence-corrected chi connectivity index (χ2v) is 4.33. The van der Waals surface area contributed by atoms with Gasteiger partial charge in [0.15, 0.2) is 0 Å². The van der Waals surface area contributed by atoms with Gasteiger partial charge < -0.3 is 16.8 Å². The highest BCUT2D eigenvalue weighted by molar-refractivity contribution is 5.97. The van der Waals surface area contributed by atoms with Crippen molar-refractivity contribution in [1.82, 2.24) is 5.32 Å². The van der Waals surface area contributed by atoms with Crippen LogP contribution in [-0.2, 0) is 4.79 Å². The first-order valence-corrected chi connectivity index (χ1v) is 5.48. The molecule has 0 heterocycles. The summed E-state index contributed by atoms with van der Waals surface area (Å²) in [6.45, 7) is 3.50. The van der Waals surface area contributed by atoms with Crippen molar-refractivity contribution in [1.29, 1.82) is 0 Å². The van der Waals surface area contributed by atoms with Crippen molar-refractivity contribution in [3.05, 3.63) is 29.6 Å². The highest BCUT2D eigenvalue weighted by Gasteiger charge is 2.22. The number of nitrogen functional groups attached to an aromatic ring is 1. The maximum absolute atomic E-state index is 13.2. The lowest BCUT2D eigenvalue weighted by molar-refractivity contribution is -0.120. The van der Waals surface area contributed by atoms with Gasteiger partial charge in [-0.2, -0.15) is 0 Å². The molecule has 0 saturated carbocycles. The molecule has 1 aromatic carbocycles. The van der Waals surface area contributed by atoms with Crippen molar-refractivity contribution in [3.8, 4) is 0 Å². The van der Waals surface area contributed by atoms with Gasteiger partial charge >= 0.3 is 0 Å². The second kappa shape index (κ2) is 5.48. The van der Waals surface area contributed by atoms with E-state index >= 15 is 0 Å². The van der Waals surface area contributed by atoms with Crippen LogP contribution in [0.1, 0.15) is 24.2 Å². The van der Waals surface area contributed by atoms with Crippen molar-refractivity contribution in [2.45, 2.75) is 19.9 Å². The Balaban J connectivity index is 2.87. The monoisotopic (exact) mass is 253 g/mol. The van der Waals surface area contributed by atoms with Gasteiger partial charge in [0.05, 0.1) is 5.69 Å². The van der Waals surface area contributed by atoms with E-state index in [2.05, 4.69) is 5.32 Å². The predicted octanol–water partition coefficient (Wildman–Crippen LogP) is 0.648. The van der Waals surface area contributed by atoms with Crippen LogP contribution >= 0.6 is 0 Å². The number of hydrogen-bond donors (Lipinski definition) is 3. The molecule has 1 aromatic rings. The Labute approximate surface area is 104 Å². The summed E-state index contributed by atoms with van der Waals surface area (Å²) in [6.07, 6.45) is 0. The van der Waals surface area contributed by atoms with Crippen LogP contribution in [0.25, 0.3) is 0 Å². The topological polar surface area (TPSA) is 98.2 Å². The van der Waals surface area contributed by atoms with Crippen LogP contribution in [0.4, 0.5) is 10.1 Å². The molecule has 1 atom stereocenters. The molecular weight excluding hydrogens is 237 g/mol.